The number of pyridine rings is 4. The zero-order valence-corrected chi connectivity index (χ0v) is 28.7. The number of nitrogens with zero attached hydrogens (tertiary/aromatic N) is 4. The molecule has 0 aliphatic rings. The fourth-order valence-corrected chi connectivity index (χ4v) is 8.08. The lowest BCUT2D eigenvalue weighted by Crippen LogP contribution is -2.15. The smallest absolute Gasteiger partial charge is 0.267 e. The van der Waals surface area contributed by atoms with Crippen LogP contribution in [0.1, 0.15) is 5.56 Å². The summed E-state index contributed by atoms with van der Waals surface area (Å²) in [5.41, 5.74) is 3.66. The number of hydrogen-bond donors (Lipinski definition) is 0. The lowest BCUT2D eigenvalue weighted by atomic mass is 10.0. The van der Waals surface area contributed by atoms with E-state index in [0.717, 1.165) is 16.2 Å². The molecule has 53 heavy (non-hydrogen) atoms. The van der Waals surface area contributed by atoms with E-state index in [1.165, 1.54) is 33.5 Å². The van der Waals surface area contributed by atoms with Gasteiger partial charge < -0.3 is 23.7 Å². The first-order chi connectivity index (χ1) is 25.9. The predicted octanol–water partition coefficient (Wildman–Crippen LogP) is 7.25. The molecule has 6 heterocycles. The Kier molecular flexibility index (Phi) is 6.41. The molecule has 10 rings (SSSR count). The van der Waals surface area contributed by atoms with Gasteiger partial charge in [0.2, 0.25) is 0 Å². The molecule has 0 fully saturated rings. The van der Waals surface area contributed by atoms with Gasteiger partial charge in [0.05, 0.1) is 72.3 Å². The van der Waals surface area contributed by atoms with Crippen LogP contribution in [0.25, 0.3) is 76.2 Å². The SMILES string of the molecule is COc1ccc2c3c(COc4ccc5c(c4OC)c(=O)n4c6ccc(F)cc6c6ccnc5c64)cnc4c5ccc(OC)c(OC)c5c(=O)n(c2c1)c43. The van der Waals surface area contributed by atoms with Crippen molar-refractivity contribution in [3.8, 4) is 28.7 Å². The average molecular weight is 707 g/mol. The molecular formula is C41H27FN4O7. The van der Waals surface area contributed by atoms with Crippen molar-refractivity contribution in [2.45, 2.75) is 6.61 Å². The Morgan fingerprint density at radius 2 is 1.28 bits per heavy atom. The van der Waals surface area contributed by atoms with Gasteiger partial charge in [0.25, 0.3) is 11.1 Å². The summed E-state index contributed by atoms with van der Waals surface area (Å²) in [7, 11) is 6.08. The van der Waals surface area contributed by atoms with Crippen molar-refractivity contribution in [3.63, 3.8) is 0 Å². The van der Waals surface area contributed by atoms with Crippen molar-refractivity contribution >= 4 is 76.2 Å². The van der Waals surface area contributed by atoms with E-state index in [1.807, 2.05) is 24.3 Å². The van der Waals surface area contributed by atoms with E-state index in [0.29, 0.717) is 83.2 Å². The van der Waals surface area contributed by atoms with Gasteiger partial charge in [0, 0.05) is 56.3 Å². The molecule has 0 radical (unpaired) electrons. The minimum atomic E-state index is -0.397. The molecule has 0 spiro atoms. The third-order valence-electron chi connectivity index (χ3n) is 10.3. The molecule has 11 nitrogen and oxygen atoms in total. The Bertz CT molecular complexity index is 3300. The van der Waals surface area contributed by atoms with Gasteiger partial charge >= 0.3 is 0 Å². The van der Waals surface area contributed by atoms with Crippen LogP contribution in [0.3, 0.4) is 0 Å². The number of fused-ring (bicyclic) bond motifs is 10. The lowest BCUT2D eigenvalue weighted by molar-refractivity contribution is 0.287. The number of methoxy groups -OCH3 is 4. The summed E-state index contributed by atoms with van der Waals surface area (Å²) in [5.74, 6) is 1.49. The highest BCUT2D eigenvalue weighted by atomic mass is 19.1. The molecule has 260 valence electrons. The van der Waals surface area contributed by atoms with Crippen LogP contribution >= 0.6 is 0 Å². The second kappa shape index (κ2) is 11.0. The number of benzene rings is 4. The standard InChI is InChI=1S/C41H27FN4O7/c1-49-21-6-7-23-28(16-21)46-37-31(23)19(17-44-35(37)25-8-11-29(50-2)38(51-3)32(25)41(46)48)18-53-30-12-9-24-33(39(30)52-4)40(47)45-27-10-5-20(42)15-26(27)22-13-14-43-34(24)36(22)45/h5-17H,18H2,1-4H3. The van der Waals surface area contributed by atoms with Crippen LogP contribution < -0.4 is 34.8 Å². The van der Waals surface area contributed by atoms with Crippen molar-refractivity contribution in [2.75, 3.05) is 28.4 Å². The largest absolute Gasteiger partial charge is 0.497 e. The maximum Gasteiger partial charge on any atom is 0.267 e. The van der Waals surface area contributed by atoms with Crippen LogP contribution in [0.2, 0.25) is 0 Å². The van der Waals surface area contributed by atoms with Crippen molar-refractivity contribution in [1.29, 1.82) is 0 Å². The molecule has 4 aromatic carbocycles. The first-order valence-corrected chi connectivity index (χ1v) is 16.7. The lowest BCUT2D eigenvalue weighted by Gasteiger charge is -2.15. The Morgan fingerprint density at radius 1 is 0.604 bits per heavy atom. The van der Waals surface area contributed by atoms with Gasteiger partial charge in [-0.3, -0.25) is 28.4 Å². The van der Waals surface area contributed by atoms with E-state index in [-0.39, 0.29) is 28.9 Å². The van der Waals surface area contributed by atoms with E-state index < -0.39 is 5.82 Å². The van der Waals surface area contributed by atoms with E-state index in [9.17, 15) is 14.0 Å². The highest BCUT2D eigenvalue weighted by molar-refractivity contribution is 6.21. The molecule has 10 aromatic rings. The van der Waals surface area contributed by atoms with Crippen LogP contribution in [0, 0.1) is 5.82 Å². The van der Waals surface area contributed by atoms with E-state index in [2.05, 4.69) is 4.98 Å². The first-order valence-electron chi connectivity index (χ1n) is 16.7. The summed E-state index contributed by atoms with van der Waals surface area (Å²) in [6.45, 7) is 0.0239. The molecule has 0 aliphatic carbocycles. The second-order valence-corrected chi connectivity index (χ2v) is 12.8. The van der Waals surface area contributed by atoms with E-state index in [1.54, 1.807) is 58.6 Å². The van der Waals surface area contributed by atoms with Gasteiger partial charge in [-0.25, -0.2) is 4.39 Å². The third-order valence-corrected chi connectivity index (χ3v) is 10.3. The number of aromatic nitrogens is 4. The summed E-state index contributed by atoms with van der Waals surface area (Å²) in [4.78, 5) is 38.3. The van der Waals surface area contributed by atoms with Gasteiger partial charge in [-0.1, -0.05) is 0 Å². The van der Waals surface area contributed by atoms with Crippen LogP contribution in [0.15, 0.2) is 88.7 Å². The van der Waals surface area contributed by atoms with E-state index >= 15 is 0 Å². The zero-order chi connectivity index (χ0) is 36.3. The fourth-order valence-electron chi connectivity index (χ4n) is 8.08. The van der Waals surface area contributed by atoms with Crippen molar-refractivity contribution in [2.24, 2.45) is 0 Å². The minimum Gasteiger partial charge on any atom is -0.497 e. The quantitative estimate of drug-likeness (QED) is 0.158. The van der Waals surface area contributed by atoms with Crippen LogP contribution in [-0.2, 0) is 6.61 Å². The summed E-state index contributed by atoms with van der Waals surface area (Å²) in [6.07, 6.45) is 3.39. The molecule has 0 amide bonds. The van der Waals surface area contributed by atoms with Gasteiger partial charge in [-0.05, 0) is 60.7 Å². The summed E-state index contributed by atoms with van der Waals surface area (Å²) < 4.78 is 46.8. The Hall–Kier alpha value is -6.95. The molecule has 0 bridgehead atoms. The first kappa shape index (κ1) is 30.8. The molecule has 0 N–H and O–H groups in total. The summed E-state index contributed by atoms with van der Waals surface area (Å²) in [6, 6.07) is 18.8. The van der Waals surface area contributed by atoms with Crippen molar-refractivity contribution in [1.82, 2.24) is 18.8 Å². The average Bonchev–Trinajstić information content (AvgIpc) is 3.71. The highest BCUT2D eigenvalue weighted by Crippen LogP contribution is 2.43. The number of ether oxygens (including phenoxy) is 5. The van der Waals surface area contributed by atoms with Gasteiger partial charge in [-0.15, -0.1) is 0 Å². The van der Waals surface area contributed by atoms with Crippen LogP contribution in [-0.4, -0.2) is 47.2 Å². The monoisotopic (exact) mass is 706 g/mol. The maximum atomic E-state index is 14.4. The molecule has 0 unspecified atom stereocenters. The molecule has 6 aromatic heterocycles. The molecule has 0 aliphatic heterocycles. The number of rotatable bonds is 7. The minimum absolute atomic E-state index is 0.0239. The van der Waals surface area contributed by atoms with Gasteiger partial charge in [0.15, 0.2) is 23.0 Å². The third kappa shape index (κ3) is 3.97. The van der Waals surface area contributed by atoms with Crippen molar-refractivity contribution in [3.05, 3.63) is 111 Å². The van der Waals surface area contributed by atoms with Gasteiger partial charge in [-0.2, -0.15) is 0 Å². The Morgan fingerprint density at radius 3 is 2.00 bits per heavy atom. The summed E-state index contributed by atoms with van der Waals surface area (Å²) >= 11 is 0. The Labute approximate surface area is 297 Å². The fraction of sp³-hybridized carbons (Fsp3) is 0.122. The zero-order valence-electron chi connectivity index (χ0n) is 28.7. The Balaban J connectivity index is 1.19. The highest BCUT2D eigenvalue weighted by Gasteiger charge is 2.26. The number of hydrogen-bond acceptors (Lipinski definition) is 9. The normalized spacial score (nSPS) is 12.1. The molecule has 0 atom stereocenters. The van der Waals surface area contributed by atoms with Crippen molar-refractivity contribution < 1.29 is 28.1 Å². The topological polar surface area (TPSA) is 115 Å². The van der Waals surface area contributed by atoms with Gasteiger partial charge in [0.1, 0.15) is 18.2 Å². The van der Waals surface area contributed by atoms with E-state index in [4.69, 9.17) is 28.7 Å². The second-order valence-electron chi connectivity index (χ2n) is 12.8. The van der Waals surface area contributed by atoms with Crippen LogP contribution in [0.5, 0.6) is 28.7 Å². The predicted molar refractivity (Wildman–Crippen MR) is 201 cm³/mol. The maximum absolute atomic E-state index is 14.4. The molecule has 12 heteroatoms. The molecular weight excluding hydrogens is 679 g/mol. The van der Waals surface area contributed by atoms with Crippen LogP contribution in [0.4, 0.5) is 4.39 Å². The number of halogens is 1. The molecule has 0 saturated heterocycles. The molecule has 0 saturated carbocycles. The summed E-state index contributed by atoms with van der Waals surface area (Å²) in [5, 5.41) is 4.74.